The van der Waals surface area contributed by atoms with Gasteiger partial charge in [0.2, 0.25) is 0 Å². The van der Waals surface area contributed by atoms with Crippen LogP contribution in [-0.4, -0.2) is 44.4 Å². The lowest BCUT2D eigenvalue weighted by Crippen LogP contribution is -2.38. The largest absolute Gasteiger partial charge is 0.352 e. The van der Waals surface area contributed by atoms with Gasteiger partial charge in [0.05, 0.1) is 11.5 Å². The van der Waals surface area contributed by atoms with Crippen molar-refractivity contribution in [3.63, 3.8) is 0 Å². The molecule has 0 spiro atoms. The molecule has 29 heavy (non-hydrogen) atoms. The fourth-order valence-electron chi connectivity index (χ4n) is 3.07. The molecule has 1 aliphatic heterocycles. The van der Waals surface area contributed by atoms with E-state index < -0.39 is 21.9 Å². The van der Waals surface area contributed by atoms with Gasteiger partial charge in [-0.1, -0.05) is 18.2 Å². The molecule has 1 saturated heterocycles. The van der Waals surface area contributed by atoms with Gasteiger partial charge >= 0.3 is 6.03 Å². The maximum Gasteiger partial charge on any atom is 0.319 e. The molecule has 3 rings (SSSR count). The highest BCUT2D eigenvalue weighted by Gasteiger charge is 2.28. The van der Waals surface area contributed by atoms with Gasteiger partial charge in [-0.3, -0.25) is 4.79 Å². The smallest absolute Gasteiger partial charge is 0.319 e. The van der Waals surface area contributed by atoms with Crippen LogP contribution < -0.4 is 16.0 Å². The molecule has 1 aliphatic rings. The molecule has 154 valence electrons. The van der Waals surface area contributed by atoms with Gasteiger partial charge in [-0.25, -0.2) is 17.6 Å². The Morgan fingerprint density at radius 2 is 1.86 bits per heavy atom. The van der Waals surface area contributed by atoms with Crippen molar-refractivity contribution in [2.75, 3.05) is 23.4 Å². The Hall–Kier alpha value is -2.94. The molecular formula is C20H22FN3O4S. The van der Waals surface area contributed by atoms with Crippen molar-refractivity contribution >= 4 is 27.5 Å². The Bertz CT molecular complexity index is 993. The average molecular weight is 419 g/mol. The number of hydrogen-bond donors (Lipinski definition) is 3. The lowest BCUT2D eigenvalue weighted by Gasteiger charge is -2.13. The number of hydrogen-bond acceptors (Lipinski definition) is 4. The predicted octanol–water partition coefficient (Wildman–Crippen LogP) is 2.11. The molecule has 0 bridgehead atoms. The highest BCUT2D eigenvalue weighted by Crippen LogP contribution is 2.13. The molecule has 0 radical (unpaired) electrons. The molecule has 0 aliphatic carbocycles. The zero-order valence-electron chi connectivity index (χ0n) is 15.7. The van der Waals surface area contributed by atoms with Gasteiger partial charge in [-0.15, -0.1) is 0 Å². The molecule has 1 fully saturated rings. The minimum atomic E-state index is -3.08. The van der Waals surface area contributed by atoms with Crippen LogP contribution in [0.4, 0.5) is 14.9 Å². The van der Waals surface area contributed by atoms with Crippen LogP contribution >= 0.6 is 0 Å². The third-order valence-electron chi connectivity index (χ3n) is 4.56. The van der Waals surface area contributed by atoms with Crippen LogP contribution in [0.3, 0.4) is 0 Å². The first-order valence-corrected chi connectivity index (χ1v) is 11.0. The molecule has 2 aromatic rings. The minimum absolute atomic E-state index is 0.0586. The molecule has 1 atom stereocenters. The summed E-state index contributed by atoms with van der Waals surface area (Å²) in [6.45, 7) is 0.388. The number of nitrogens with one attached hydrogen (secondary N) is 3. The van der Waals surface area contributed by atoms with Gasteiger partial charge in [-0.05, 0) is 48.7 Å². The van der Waals surface area contributed by atoms with Crippen molar-refractivity contribution in [3.05, 3.63) is 65.5 Å². The fraction of sp³-hybridized carbons (Fsp3) is 0.300. The highest BCUT2D eigenvalue weighted by atomic mass is 32.2. The van der Waals surface area contributed by atoms with Crippen molar-refractivity contribution in [2.45, 2.75) is 18.9 Å². The molecule has 3 amide bonds. The summed E-state index contributed by atoms with van der Waals surface area (Å²) in [5.74, 6) is -0.582. The van der Waals surface area contributed by atoms with E-state index in [0.29, 0.717) is 30.6 Å². The number of halogens is 1. The summed E-state index contributed by atoms with van der Waals surface area (Å²) >= 11 is 0. The Labute approximate surface area is 168 Å². The van der Waals surface area contributed by atoms with E-state index in [2.05, 4.69) is 16.0 Å². The van der Waals surface area contributed by atoms with Crippen LogP contribution in [0.15, 0.2) is 48.5 Å². The van der Waals surface area contributed by atoms with Crippen LogP contribution in [0, 0.1) is 5.82 Å². The highest BCUT2D eigenvalue weighted by molar-refractivity contribution is 7.91. The number of carbonyl (C=O) groups is 2. The van der Waals surface area contributed by atoms with E-state index in [-0.39, 0.29) is 23.2 Å². The van der Waals surface area contributed by atoms with Crippen molar-refractivity contribution in [1.82, 2.24) is 10.6 Å². The van der Waals surface area contributed by atoms with Crippen molar-refractivity contribution in [2.24, 2.45) is 0 Å². The predicted molar refractivity (Wildman–Crippen MR) is 108 cm³/mol. The van der Waals surface area contributed by atoms with Gasteiger partial charge in [0.25, 0.3) is 5.91 Å². The quantitative estimate of drug-likeness (QED) is 0.667. The van der Waals surface area contributed by atoms with Gasteiger partial charge in [0.1, 0.15) is 5.82 Å². The second kappa shape index (κ2) is 9.04. The summed E-state index contributed by atoms with van der Waals surface area (Å²) in [5, 5.41) is 8.03. The standard InChI is InChI=1S/C20H22FN3O4S/c21-16-6-4-14(5-7-16)8-10-22-19(25)15-2-1-3-17(12-15)23-20(26)24-18-9-11-29(27,28)13-18/h1-7,12,18H,8-11,13H2,(H,22,25)(H2,23,24,26)/t18-/m0/s1. The maximum atomic E-state index is 12.9. The molecule has 3 N–H and O–H groups in total. The first-order chi connectivity index (χ1) is 13.8. The summed E-state index contributed by atoms with van der Waals surface area (Å²) in [6, 6.07) is 11.6. The van der Waals surface area contributed by atoms with E-state index in [0.717, 1.165) is 5.56 Å². The lowest BCUT2D eigenvalue weighted by atomic mass is 10.1. The zero-order valence-corrected chi connectivity index (χ0v) is 16.5. The second-order valence-corrected chi connectivity index (χ2v) is 9.14. The van der Waals surface area contributed by atoms with Gasteiger partial charge in [0.15, 0.2) is 9.84 Å². The van der Waals surface area contributed by atoms with E-state index in [1.165, 1.54) is 18.2 Å². The molecule has 2 aromatic carbocycles. The summed E-state index contributed by atoms with van der Waals surface area (Å²) in [4.78, 5) is 24.4. The third kappa shape index (κ3) is 6.28. The summed E-state index contributed by atoms with van der Waals surface area (Å²) < 4.78 is 35.8. The fourth-order valence-corrected chi connectivity index (χ4v) is 4.75. The topological polar surface area (TPSA) is 104 Å². The Morgan fingerprint density at radius 1 is 1.10 bits per heavy atom. The Morgan fingerprint density at radius 3 is 2.55 bits per heavy atom. The molecule has 0 aromatic heterocycles. The van der Waals surface area contributed by atoms with Crippen LogP contribution in [0.25, 0.3) is 0 Å². The SMILES string of the molecule is O=C(Nc1cccc(C(=O)NCCc2ccc(F)cc2)c1)N[C@H]1CCS(=O)(=O)C1. The monoisotopic (exact) mass is 419 g/mol. The molecule has 7 nitrogen and oxygen atoms in total. The number of benzene rings is 2. The van der Waals surface area contributed by atoms with E-state index in [4.69, 9.17) is 0 Å². The number of anilines is 1. The molecular weight excluding hydrogens is 397 g/mol. The number of sulfone groups is 1. The van der Waals surface area contributed by atoms with E-state index >= 15 is 0 Å². The Balaban J connectivity index is 1.49. The van der Waals surface area contributed by atoms with Crippen molar-refractivity contribution in [1.29, 1.82) is 0 Å². The molecule has 9 heteroatoms. The van der Waals surface area contributed by atoms with Crippen LogP contribution in [0.1, 0.15) is 22.3 Å². The third-order valence-corrected chi connectivity index (χ3v) is 6.33. The van der Waals surface area contributed by atoms with Crippen molar-refractivity contribution in [3.8, 4) is 0 Å². The normalized spacial score (nSPS) is 17.5. The lowest BCUT2D eigenvalue weighted by molar-refractivity contribution is 0.0954. The number of urea groups is 1. The van der Waals surface area contributed by atoms with Gasteiger partial charge < -0.3 is 16.0 Å². The summed E-state index contributed by atoms with van der Waals surface area (Å²) in [5.41, 5.74) is 1.72. The van der Waals surface area contributed by atoms with E-state index in [1.54, 1.807) is 30.3 Å². The molecule has 0 saturated carbocycles. The summed E-state index contributed by atoms with van der Waals surface area (Å²) in [7, 11) is -3.08. The van der Waals surface area contributed by atoms with E-state index in [1.807, 2.05) is 0 Å². The van der Waals surface area contributed by atoms with E-state index in [9.17, 15) is 22.4 Å². The summed E-state index contributed by atoms with van der Waals surface area (Å²) in [6.07, 6.45) is 0.961. The molecule has 1 heterocycles. The van der Waals surface area contributed by atoms with Crippen molar-refractivity contribution < 1.29 is 22.4 Å². The first-order valence-electron chi connectivity index (χ1n) is 9.21. The van der Waals surface area contributed by atoms with Crippen LogP contribution in [-0.2, 0) is 16.3 Å². The number of carbonyl (C=O) groups excluding carboxylic acids is 2. The average Bonchev–Trinajstić information content (AvgIpc) is 3.01. The van der Waals surface area contributed by atoms with Crippen LogP contribution in [0.5, 0.6) is 0 Å². The minimum Gasteiger partial charge on any atom is -0.352 e. The van der Waals surface area contributed by atoms with Gasteiger partial charge in [-0.2, -0.15) is 0 Å². The zero-order chi connectivity index (χ0) is 20.9. The molecule has 0 unspecified atom stereocenters. The maximum absolute atomic E-state index is 12.9. The first kappa shape index (κ1) is 20.8. The van der Waals surface area contributed by atoms with Gasteiger partial charge in [0, 0.05) is 23.8 Å². The second-order valence-electron chi connectivity index (χ2n) is 6.91. The Kier molecular flexibility index (Phi) is 6.48. The number of rotatable bonds is 6. The van der Waals surface area contributed by atoms with Crippen LogP contribution in [0.2, 0.25) is 0 Å². The number of amides is 3.